The topological polar surface area (TPSA) is 67.3 Å². The largest absolute Gasteiger partial charge is 0.497 e. The third-order valence-corrected chi connectivity index (χ3v) is 6.97. The quantitative estimate of drug-likeness (QED) is 0.707. The lowest BCUT2D eigenvalue weighted by molar-refractivity contribution is -0.120. The van der Waals surface area contributed by atoms with Crippen molar-refractivity contribution in [3.63, 3.8) is 0 Å². The molecule has 0 aliphatic carbocycles. The summed E-state index contributed by atoms with van der Waals surface area (Å²) in [4.78, 5) is 25.3. The molecule has 27 heavy (non-hydrogen) atoms. The normalized spacial score (nSPS) is 17.3. The molecule has 0 saturated carbocycles. The van der Waals surface area contributed by atoms with Gasteiger partial charge in [0.15, 0.2) is 10.3 Å². The zero-order valence-corrected chi connectivity index (χ0v) is 17.2. The van der Waals surface area contributed by atoms with E-state index in [0.717, 1.165) is 51.1 Å². The molecule has 0 radical (unpaired) electrons. The molecule has 1 saturated heterocycles. The number of rotatable bonds is 4. The average molecular weight is 403 g/mol. The first kappa shape index (κ1) is 18.2. The Morgan fingerprint density at radius 1 is 1.30 bits per heavy atom. The lowest BCUT2D eigenvalue weighted by Crippen LogP contribution is -2.40. The lowest BCUT2D eigenvalue weighted by atomic mass is 9.97. The number of piperidine rings is 1. The van der Waals surface area contributed by atoms with E-state index < -0.39 is 0 Å². The number of thiazole rings is 2. The molecule has 6 nitrogen and oxygen atoms in total. The van der Waals surface area contributed by atoms with Crippen LogP contribution in [0, 0.1) is 19.8 Å². The Hall–Kier alpha value is -2.19. The molecule has 4 rings (SSSR count). The van der Waals surface area contributed by atoms with Gasteiger partial charge in [0.1, 0.15) is 5.75 Å². The Labute approximate surface area is 166 Å². The fraction of sp³-hybridized carbons (Fsp3) is 0.421. The van der Waals surface area contributed by atoms with Gasteiger partial charge in [-0.2, -0.15) is 0 Å². The first-order valence-corrected chi connectivity index (χ1v) is 10.6. The first-order chi connectivity index (χ1) is 13.0. The predicted octanol–water partition coefficient (Wildman–Crippen LogP) is 4.23. The molecule has 1 amide bonds. The molecule has 142 valence electrons. The number of fused-ring (bicyclic) bond motifs is 1. The van der Waals surface area contributed by atoms with E-state index in [0.29, 0.717) is 11.7 Å². The van der Waals surface area contributed by atoms with Crippen molar-refractivity contribution in [2.45, 2.75) is 26.7 Å². The maximum Gasteiger partial charge on any atom is 0.231 e. The SMILES string of the molecule is COc1ccc2nc(N3CCCC(C(=O)Nc4nc(C)c(C)s4)C3)sc2c1. The van der Waals surface area contributed by atoms with Gasteiger partial charge in [0.25, 0.3) is 0 Å². The van der Waals surface area contributed by atoms with Gasteiger partial charge < -0.3 is 15.0 Å². The van der Waals surface area contributed by atoms with Gasteiger partial charge >= 0.3 is 0 Å². The maximum absolute atomic E-state index is 12.7. The van der Waals surface area contributed by atoms with Gasteiger partial charge in [0.05, 0.1) is 28.9 Å². The summed E-state index contributed by atoms with van der Waals surface area (Å²) in [5, 5.41) is 4.66. The van der Waals surface area contributed by atoms with Crippen LogP contribution in [0.3, 0.4) is 0 Å². The number of nitrogens with zero attached hydrogens (tertiary/aromatic N) is 3. The lowest BCUT2D eigenvalue weighted by Gasteiger charge is -2.31. The van der Waals surface area contributed by atoms with Crippen molar-refractivity contribution in [2.24, 2.45) is 5.92 Å². The second-order valence-electron chi connectivity index (χ2n) is 6.77. The summed E-state index contributed by atoms with van der Waals surface area (Å²) in [6, 6.07) is 5.92. The highest BCUT2D eigenvalue weighted by Crippen LogP contribution is 2.34. The zero-order chi connectivity index (χ0) is 19.0. The highest BCUT2D eigenvalue weighted by molar-refractivity contribution is 7.22. The monoisotopic (exact) mass is 402 g/mol. The second kappa shape index (κ2) is 7.44. The number of benzene rings is 1. The number of ether oxygens (including phenoxy) is 1. The van der Waals surface area contributed by atoms with Crippen molar-refractivity contribution in [3.8, 4) is 5.75 Å². The van der Waals surface area contributed by atoms with E-state index in [9.17, 15) is 4.79 Å². The molecule has 1 aromatic carbocycles. The van der Waals surface area contributed by atoms with Gasteiger partial charge in [-0.05, 0) is 44.9 Å². The number of carbonyl (C=O) groups excluding carboxylic acids is 1. The number of hydrogen-bond acceptors (Lipinski definition) is 7. The highest BCUT2D eigenvalue weighted by atomic mass is 32.1. The van der Waals surface area contributed by atoms with Gasteiger partial charge in [0, 0.05) is 18.0 Å². The molecule has 1 aliphatic heterocycles. The number of nitrogens with one attached hydrogen (secondary N) is 1. The summed E-state index contributed by atoms with van der Waals surface area (Å²) < 4.78 is 6.40. The molecule has 3 aromatic rings. The van der Waals surface area contributed by atoms with Crippen LogP contribution >= 0.6 is 22.7 Å². The molecule has 1 aliphatic rings. The van der Waals surface area contributed by atoms with Gasteiger partial charge in [-0.25, -0.2) is 9.97 Å². The number of hydrogen-bond donors (Lipinski definition) is 1. The number of anilines is 2. The van der Waals surface area contributed by atoms with Crippen LogP contribution in [0.2, 0.25) is 0 Å². The Morgan fingerprint density at radius 2 is 2.15 bits per heavy atom. The van der Waals surface area contributed by atoms with Gasteiger partial charge in [-0.3, -0.25) is 4.79 Å². The molecule has 1 N–H and O–H groups in total. The van der Waals surface area contributed by atoms with Crippen LogP contribution in [-0.2, 0) is 4.79 Å². The van der Waals surface area contributed by atoms with Crippen molar-refractivity contribution >= 4 is 49.1 Å². The van der Waals surface area contributed by atoms with Crippen LogP contribution in [0.5, 0.6) is 5.75 Å². The molecule has 2 aromatic heterocycles. The van der Waals surface area contributed by atoms with Crippen molar-refractivity contribution in [1.29, 1.82) is 0 Å². The first-order valence-electron chi connectivity index (χ1n) is 8.98. The summed E-state index contributed by atoms with van der Waals surface area (Å²) in [5.74, 6) is 0.837. The van der Waals surface area contributed by atoms with Crippen molar-refractivity contribution in [1.82, 2.24) is 9.97 Å². The van der Waals surface area contributed by atoms with E-state index in [1.165, 1.54) is 11.3 Å². The summed E-state index contributed by atoms with van der Waals surface area (Å²) in [6.45, 7) is 5.60. The molecule has 0 spiro atoms. The van der Waals surface area contributed by atoms with E-state index in [1.807, 2.05) is 32.0 Å². The minimum Gasteiger partial charge on any atom is -0.497 e. The van der Waals surface area contributed by atoms with Crippen LogP contribution in [0.1, 0.15) is 23.4 Å². The molecule has 3 heterocycles. The minimum absolute atomic E-state index is 0.0511. The smallest absolute Gasteiger partial charge is 0.231 e. The average Bonchev–Trinajstić information content (AvgIpc) is 3.24. The van der Waals surface area contributed by atoms with Crippen LogP contribution in [0.4, 0.5) is 10.3 Å². The molecule has 0 bridgehead atoms. The predicted molar refractivity (Wildman–Crippen MR) is 111 cm³/mol. The molecule has 1 atom stereocenters. The summed E-state index contributed by atoms with van der Waals surface area (Å²) >= 11 is 3.18. The van der Waals surface area contributed by atoms with Gasteiger partial charge in [-0.15, -0.1) is 11.3 Å². The standard InChI is InChI=1S/C19H22N4O2S2/c1-11-12(2)26-18(20-11)22-17(24)13-5-4-8-23(10-13)19-21-15-7-6-14(25-3)9-16(15)27-19/h6-7,9,13H,4-5,8,10H2,1-3H3,(H,20,22,24). The fourth-order valence-corrected chi connectivity index (χ4v) is 5.10. The Balaban J connectivity index is 1.48. The zero-order valence-electron chi connectivity index (χ0n) is 15.6. The van der Waals surface area contributed by atoms with E-state index >= 15 is 0 Å². The Kier molecular flexibility index (Phi) is 5.01. The van der Waals surface area contributed by atoms with Crippen LogP contribution in [0.25, 0.3) is 10.2 Å². The van der Waals surface area contributed by atoms with Crippen LogP contribution in [-0.4, -0.2) is 36.1 Å². The van der Waals surface area contributed by atoms with Crippen molar-refractivity contribution in [2.75, 3.05) is 30.4 Å². The summed E-state index contributed by atoms with van der Waals surface area (Å²) in [6.07, 6.45) is 1.87. The minimum atomic E-state index is -0.0511. The van der Waals surface area contributed by atoms with E-state index in [2.05, 4.69) is 15.2 Å². The van der Waals surface area contributed by atoms with Crippen molar-refractivity contribution in [3.05, 3.63) is 28.8 Å². The van der Waals surface area contributed by atoms with E-state index in [1.54, 1.807) is 18.4 Å². The van der Waals surface area contributed by atoms with E-state index in [4.69, 9.17) is 9.72 Å². The van der Waals surface area contributed by atoms with Crippen molar-refractivity contribution < 1.29 is 9.53 Å². The third-order valence-electron chi connectivity index (χ3n) is 4.91. The highest BCUT2D eigenvalue weighted by Gasteiger charge is 2.28. The Bertz CT molecular complexity index is 962. The molecule has 8 heteroatoms. The summed E-state index contributed by atoms with van der Waals surface area (Å²) in [7, 11) is 1.67. The van der Waals surface area contributed by atoms with Gasteiger partial charge in [0.2, 0.25) is 5.91 Å². The number of amides is 1. The number of aromatic nitrogens is 2. The molecule has 1 unspecified atom stereocenters. The number of carbonyl (C=O) groups is 1. The molecular weight excluding hydrogens is 380 g/mol. The van der Waals surface area contributed by atoms with Crippen LogP contribution in [0.15, 0.2) is 18.2 Å². The van der Waals surface area contributed by atoms with Gasteiger partial charge in [-0.1, -0.05) is 11.3 Å². The van der Waals surface area contributed by atoms with E-state index in [-0.39, 0.29) is 11.8 Å². The third kappa shape index (κ3) is 3.77. The van der Waals surface area contributed by atoms with Crippen LogP contribution < -0.4 is 15.0 Å². The maximum atomic E-state index is 12.7. The number of methoxy groups -OCH3 is 1. The second-order valence-corrected chi connectivity index (χ2v) is 8.98. The number of aryl methyl sites for hydroxylation is 2. The Morgan fingerprint density at radius 3 is 2.89 bits per heavy atom. The fourth-order valence-electron chi connectivity index (χ4n) is 3.25. The molecule has 1 fully saturated rings. The summed E-state index contributed by atoms with van der Waals surface area (Å²) in [5.41, 5.74) is 1.95. The molecular formula is C19H22N4O2S2.